The number of halogens is 1. The molecule has 0 unspecified atom stereocenters. The van der Waals surface area contributed by atoms with Gasteiger partial charge in [0.05, 0.1) is 17.7 Å². The lowest BCUT2D eigenvalue weighted by Crippen LogP contribution is -2.44. The largest absolute Gasteiger partial charge is 0.388 e. The van der Waals surface area contributed by atoms with Crippen molar-refractivity contribution < 1.29 is 19.1 Å². The molecule has 114 valence electrons. The summed E-state index contributed by atoms with van der Waals surface area (Å²) in [4.78, 5) is 23.3. The van der Waals surface area contributed by atoms with E-state index in [-0.39, 0.29) is 18.7 Å². The lowest BCUT2D eigenvalue weighted by atomic mass is 10.0. The Morgan fingerprint density at radius 3 is 2.52 bits per heavy atom. The molecule has 2 amide bonds. The van der Waals surface area contributed by atoms with Crippen LogP contribution in [-0.4, -0.2) is 35.6 Å². The first kappa shape index (κ1) is 15.4. The number of carbonyl (C=O) groups is 2. The van der Waals surface area contributed by atoms with Crippen LogP contribution in [0.1, 0.15) is 36.0 Å². The SMILES string of the molecule is O=C(CNC(=O)c1ccccc1F)NCC1(O)CCCC1. The lowest BCUT2D eigenvalue weighted by molar-refractivity contribution is -0.121. The number of nitrogens with one attached hydrogen (secondary N) is 2. The molecule has 0 aliphatic heterocycles. The molecule has 0 spiro atoms. The van der Waals surface area contributed by atoms with Gasteiger partial charge in [0, 0.05) is 6.54 Å². The molecule has 1 fully saturated rings. The number of hydrogen-bond acceptors (Lipinski definition) is 3. The molecule has 3 N–H and O–H groups in total. The number of rotatable bonds is 5. The van der Waals surface area contributed by atoms with Crippen LogP contribution in [0.3, 0.4) is 0 Å². The van der Waals surface area contributed by atoms with Crippen molar-refractivity contribution in [3.63, 3.8) is 0 Å². The molecule has 1 aromatic carbocycles. The van der Waals surface area contributed by atoms with E-state index >= 15 is 0 Å². The normalized spacial score (nSPS) is 16.5. The van der Waals surface area contributed by atoms with E-state index in [1.54, 1.807) is 6.07 Å². The Kier molecular flexibility index (Phi) is 4.90. The fraction of sp³-hybridized carbons (Fsp3) is 0.467. The first-order valence-corrected chi connectivity index (χ1v) is 7.02. The van der Waals surface area contributed by atoms with Gasteiger partial charge in [0.2, 0.25) is 5.91 Å². The molecule has 5 nitrogen and oxygen atoms in total. The molecule has 1 aromatic rings. The maximum absolute atomic E-state index is 13.4. The molecule has 2 rings (SSSR count). The average molecular weight is 294 g/mol. The van der Waals surface area contributed by atoms with E-state index in [2.05, 4.69) is 10.6 Å². The van der Waals surface area contributed by atoms with E-state index in [0.717, 1.165) is 12.8 Å². The third-order valence-electron chi connectivity index (χ3n) is 3.68. The number of carbonyl (C=O) groups excluding carboxylic acids is 2. The van der Waals surface area contributed by atoms with Gasteiger partial charge in [-0.05, 0) is 25.0 Å². The van der Waals surface area contributed by atoms with Crippen molar-refractivity contribution in [3.05, 3.63) is 35.6 Å². The van der Waals surface area contributed by atoms with Crippen molar-refractivity contribution in [3.8, 4) is 0 Å². The summed E-state index contributed by atoms with van der Waals surface area (Å²) >= 11 is 0. The van der Waals surface area contributed by atoms with Gasteiger partial charge in [-0.2, -0.15) is 0 Å². The fourth-order valence-electron chi connectivity index (χ4n) is 2.44. The Hall–Kier alpha value is -1.95. The van der Waals surface area contributed by atoms with Gasteiger partial charge in [-0.25, -0.2) is 4.39 Å². The van der Waals surface area contributed by atoms with Gasteiger partial charge in [0.25, 0.3) is 5.91 Å². The molecule has 1 aliphatic rings. The minimum atomic E-state index is -0.828. The molecular weight excluding hydrogens is 275 g/mol. The van der Waals surface area contributed by atoms with Crippen LogP contribution in [0.4, 0.5) is 4.39 Å². The minimum Gasteiger partial charge on any atom is -0.388 e. The molecule has 21 heavy (non-hydrogen) atoms. The number of amides is 2. The molecule has 0 atom stereocenters. The predicted octanol–water partition coefficient (Wildman–Crippen LogP) is 0.977. The molecule has 0 saturated heterocycles. The number of benzene rings is 1. The topological polar surface area (TPSA) is 78.4 Å². The van der Waals surface area contributed by atoms with Crippen LogP contribution >= 0.6 is 0 Å². The Balaban J connectivity index is 1.76. The first-order chi connectivity index (χ1) is 10.0. The van der Waals surface area contributed by atoms with Gasteiger partial charge in [0.1, 0.15) is 5.82 Å². The summed E-state index contributed by atoms with van der Waals surface area (Å²) in [6.45, 7) is -0.0648. The Labute approximate surface area is 122 Å². The summed E-state index contributed by atoms with van der Waals surface area (Å²) < 4.78 is 13.4. The van der Waals surface area contributed by atoms with Crippen molar-refractivity contribution >= 4 is 11.8 Å². The fourth-order valence-corrected chi connectivity index (χ4v) is 2.44. The quantitative estimate of drug-likeness (QED) is 0.757. The van der Waals surface area contributed by atoms with Crippen molar-refractivity contribution in [2.75, 3.05) is 13.1 Å². The van der Waals surface area contributed by atoms with E-state index in [0.29, 0.717) is 12.8 Å². The summed E-state index contributed by atoms with van der Waals surface area (Å²) in [7, 11) is 0. The van der Waals surface area contributed by atoms with Crippen LogP contribution in [0.25, 0.3) is 0 Å². The second-order valence-electron chi connectivity index (χ2n) is 5.37. The highest BCUT2D eigenvalue weighted by atomic mass is 19.1. The summed E-state index contributed by atoms with van der Waals surface area (Å²) in [5.41, 5.74) is -0.926. The Bertz CT molecular complexity index is 527. The van der Waals surface area contributed by atoms with Crippen molar-refractivity contribution in [2.45, 2.75) is 31.3 Å². The van der Waals surface area contributed by atoms with E-state index in [1.807, 2.05) is 0 Å². The number of aliphatic hydroxyl groups is 1. The van der Waals surface area contributed by atoms with Gasteiger partial charge >= 0.3 is 0 Å². The van der Waals surface area contributed by atoms with Gasteiger partial charge in [-0.3, -0.25) is 9.59 Å². The monoisotopic (exact) mass is 294 g/mol. The third-order valence-corrected chi connectivity index (χ3v) is 3.68. The Morgan fingerprint density at radius 2 is 1.86 bits per heavy atom. The zero-order valence-corrected chi connectivity index (χ0v) is 11.7. The van der Waals surface area contributed by atoms with E-state index in [4.69, 9.17) is 0 Å². The van der Waals surface area contributed by atoms with Gasteiger partial charge in [-0.1, -0.05) is 25.0 Å². The zero-order valence-electron chi connectivity index (χ0n) is 11.7. The molecule has 1 saturated carbocycles. The van der Waals surface area contributed by atoms with E-state index in [1.165, 1.54) is 18.2 Å². The van der Waals surface area contributed by atoms with Crippen molar-refractivity contribution in [2.24, 2.45) is 0 Å². The smallest absolute Gasteiger partial charge is 0.254 e. The summed E-state index contributed by atoms with van der Waals surface area (Å²) in [5, 5.41) is 15.0. The van der Waals surface area contributed by atoms with Crippen LogP contribution in [0.5, 0.6) is 0 Å². The molecule has 6 heteroatoms. The summed E-state index contributed by atoms with van der Waals surface area (Å²) in [5.74, 6) is -1.67. The van der Waals surface area contributed by atoms with E-state index in [9.17, 15) is 19.1 Å². The van der Waals surface area contributed by atoms with Crippen molar-refractivity contribution in [1.82, 2.24) is 10.6 Å². The molecular formula is C15H19FN2O3. The molecule has 0 bridgehead atoms. The maximum atomic E-state index is 13.4. The van der Waals surface area contributed by atoms with Crippen LogP contribution in [0.15, 0.2) is 24.3 Å². The lowest BCUT2D eigenvalue weighted by Gasteiger charge is -2.22. The molecule has 0 aromatic heterocycles. The second kappa shape index (κ2) is 6.67. The predicted molar refractivity (Wildman–Crippen MR) is 75.2 cm³/mol. The highest BCUT2D eigenvalue weighted by Crippen LogP contribution is 2.28. The van der Waals surface area contributed by atoms with Gasteiger partial charge in [0.15, 0.2) is 0 Å². The molecule has 0 heterocycles. The van der Waals surface area contributed by atoms with Crippen LogP contribution < -0.4 is 10.6 Å². The van der Waals surface area contributed by atoms with Crippen LogP contribution in [0.2, 0.25) is 0 Å². The molecule has 1 aliphatic carbocycles. The Morgan fingerprint density at radius 1 is 1.19 bits per heavy atom. The summed E-state index contributed by atoms with van der Waals surface area (Å²) in [6.07, 6.45) is 3.26. The maximum Gasteiger partial charge on any atom is 0.254 e. The second-order valence-corrected chi connectivity index (χ2v) is 5.37. The summed E-state index contributed by atoms with van der Waals surface area (Å²) in [6, 6.07) is 5.57. The van der Waals surface area contributed by atoms with E-state index < -0.39 is 23.2 Å². The minimum absolute atomic E-state index is 0.0975. The average Bonchev–Trinajstić information content (AvgIpc) is 2.90. The zero-order chi connectivity index (χ0) is 15.3. The molecule has 0 radical (unpaired) electrons. The van der Waals surface area contributed by atoms with Gasteiger partial charge < -0.3 is 15.7 Å². The number of hydrogen-bond donors (Lipinski definition) is 3. The third kappa shape index (κ3) is 4.26. The highest BCUT2D eigenvalue weighted by Gasteiger charge is 2.31. The highest BCUT2D eigenvalue weighted by molar-refractivity contribution is 5.96. The first-order valence-electron chi connectivity index (χ1n) is 7.02. The van der Waals surface area contributed by atoms with Crippen molar-refractivity contribution in [1.29, 1.82) is 0 Å². The van der Waals surface area contributed by atoms with Gasteiger partial charge in [-0.15, -0.1) is 0 Å². The standard InChI is InChI=1S/C15H19FN2O3/c16-12-6-2-1-5-11(12)14(20)17-9-13(19)18-10-15(21)7-3-4-8-15/h1-2,5-6,21H,3-4,7-10H2,(H,17,20)(H,18,19). The van der Waals surface area contributed by atoms with Crippen LogP contribution in [0, 0.1) is 5.82 Å². The van der Waals surface area contributed by atoms with Crippen LogP contribution in [-0.2, 0) is 4.79 Å².